The van der Waals surface area contributed by atoms with E-state index in [1.807, 2.05) is 11.9 Å². The summed E-state index contributed by atoms with van der Waals surface area (Å²) in [6, 6.07) is 6.06. The summed E-state index contributed by atoms with van der Waals surface area (Å²) in [6.45, 7) is 4.45. The van der Waals surface area contributed by atoms with Gasteiger partial charge in [0.25, 0.3) is 5.69 Å². The lowest BCUT2D eigenvalue weighted by Gasteiger charge is -2.22. The fourth-order valence-corrected chi connectivity index (χ4v) is 1.55. The van der Waals surface area contributed by atoms with E-state index in [1.165, 1.54) is 24.3 Å². The van der Waals surface area contributed by atoms with Crippen molar-refractivity contribution in [3.63, 3.8) is 0 Å². The maximum Gasteiger partial charge on any atom is 0.269 e. The second kappa shape index (κ2) is 6.26. The molecule has 5 heteroatoms. The third kappa shape index (κ3) is 3.63. The number of carbonyl (C=O) groups excluding carboxylic acids is 1. The van der Waals surface area contributed by atoms with Crippen LogP contribution < -0.4 is 0 Å². The van der Waals surface area contributed by atoms with Gasteiger partial charge in [0.15, 0.2) is 5.78 Å². The van der Waals surface area contributed by atoms with E-state index < -0.39 is 4.92 Å². The van der Waals surface area contributed by atoms with Gasteiger partial charge in [-0.05, 0) is 32.5 Å². The van der Waals surface area contributed by atoms with E-state index in [4.69, 9.17) is 0 Å². The molecule has 0 heterocycles. The first kappa shape index (κ1) is 14.3. The van der Waals surface area contributed by atoms with E-state index in [9.17, 15) is 14.9 Å². The number of benzene rings is 1. The van der Waals surface area contributed by atoms with Crippen molar-refractivity contribution < 1.29 is 9.72 Å². The van der Waals surface area contributed by atoms with Gasteiger partial charge in [0.05, 0.1) is 11.5 Å². The Hall–Kier alpha value is -1.75. The molecule has 18 heavy (non-hydrogen) atoms. The molecule has 0 spiro atoms. The number of Topliss-reactive ketones (excluding diaryl/α,β-unsaturated/α-hetero) is 1. The third-order valence-electron chi connectivity index (χ3n) is 3.14. The monoisotopic (exact) mass is 250 g/mol. The van der Waals surface area contributed by atoms with E-state index >= 15 is 0 Å². The van der Waals surface area contributed by atoms with Gasteiger partial charge in [0, 0.05) is 23.7 Å². The standard InChI is InChI=1S/C13H18N2O3/c1-4-10(2)14(3)9-13(16)11-5-7-12(8-6-11)15(17)18/h5-8,10H,4,9H2,1-3H3. The summed E-state index contributed by atoms with van der Waals surface area (Å²) in [6.07, 6.45) is 0.976. The minimum absolute atomic E-state index is 0.00170. The molecular formula is C13H18N2O3. The Bertz CT molecular complexity index is 428. The number of ketones is 1. The van der Waals surface area contributed by atoms with Crippen LogP contribution in [0.2, 0.25) is 0 Å². The van der Waals surface area contributed by atoms with Gasteiger partial charge in [-0.2, -0.15) is 0 Å². The summed E-state index contributed by atoms with van der Waals surface area (Å²) in [5.41, 5.74) is 0.512. The molecule has 0 saturated heterocycles. The number of likely N-dealkylation sites (N-methyl/N-ethyl adjacent to an activating group) is 1. The number of nitrogens with zero attached hydrogens (tertiary/aromatic N) is 2. The van der Waals surface area contributed by atoms with Crippen LogP contribution in [0.3, 0.4) is 0 Å². The summed E-state index contributed by atoms with van der Waals surface area (Å²) in [5, 5.41) is 10.5. The largest absolute Gasteiger partial charge is 0.296 e. The number of nitro benzene ring substituents is 1. The van der Waals surface area contributed by atoms with Crippen LogP contribution in [0.15, 0.2) is 24.3 Å². The lowest BCUT2D eigenvalue weighted by molar-refractivity contribution is -0.384. The van der Waals surface area contributed by atoms with Crippen LogP contribution >= 0.6 is 0 Å². The quantitative estimate of drug-likeness (QED) is 0.442. The smallest absolute Gasteiger partial charge is 0.269 e. The molecule has 0 aliphatic rings. The number of non-ortho nitro benzene ring substituents is 1. The molecule has 0 N–H and O–H groups in total. The highest BCUT2D eigenvalue weighted by atomic mass is 16.6. The molecule has 0 amide bonds. The number of carbonyl (C=O) groups is 1. The summed E-state index contributed by atoms with van der Waals surface area (Å²) in [4.78, 5) is 23.9. The molecule has 1 rings (SSSR count). The molecular weight excluding hydrogens is 232 g/mol. The molecule has 0 aromatic heterocycles. The SMILES string of the molecule is CCC(C)N(C)CC(=O)c1ccc([N+](=O)[O-])cc1. The third-order valence-corrected chi connectivity index (χ3v) is 3.14. The summed E-state index contributed by atoms with van der Waals surface area (Å²) >= 11 is 0. The van der Waals surface area contributed by atoms with Gasteiger partial charge < -0.3 is 0 Å². The second-order valence-electron chi connectivity index (χ2n) is 4.40. The number of hydrogen-bond donors (Lipinski definition) is 0. The highest BCUT2D eigenvalue weighted by molar-refractivity contribution is 5.97. The Kier molecular flexibility index (Phi) is 4.97. The Morgan fingerprint density at radius 2 is 1.94 bits per heavy atom. The van der Waals surface area contributed by atoms with E-state index in [-0.39, 0.29) is 11.5 Å². The lowest BCUT2D eigenvalue weighted by atomic mass is 10.1. The molecule has 5 nitrogen and oxygen atoms in total. The minimum Gasteiger partial charge on any atom is -0.296 e. The van der Waals surface area contributed by atoms with Gasteiger partial charge in [-0.15, -0.1) is 0 Å². The van der Waals surface area contributed by atoms with Crippen LogP contribution in [0.25, 0.3) is 0 Å². The highest BCUT2D eigenvalue weighted by Gasteiger charge is 2.14. The zero-order valence-electron chi connectivity index (χ0n) is 10.9. The molecule has 1 aromatic carbocycles. The molecule has 1 atom stereocenters. The average Bonchev–Trinajstić information content (AvgIpc) is 2.37. The first-order valence-corrected chi connectivity index (χ1v) is 5.93. The van der Waals surface area contributed by atoms with Crippen LogP contribution in [0.1, 0.15) is 30.6 Å². The summed E-state index contributed by atoms with van der Waals surface area (Å²) in [7, 11) is 1.90. The molecule has 1 aromatic rings. The maximum atomic E-state index is 11.9. The predicted molar refractivity (Wildman–Crippen MR) is 69.8 cm³/mol. The highest BCUT2D eigenvalue weighted by Crippen LogP contribution is 2.13. The van der Waals surface area contributed by atoms with Crippen LogP contribution in [-0.4, -0.2) is 35.2 Å². The van der Waals surface area contributed by atoms with Crippen molar-refractivity contribution in [1.29, 1.82) is 0 Å². The van der Waals surface area contributed by atoms with Crippen molar-refractivity contribution in [2.24, 2.45) is 0 Å². The fourth-order valence-electron chi connectivity index (χ4n) is 1.55. The normalized spacial score (nSPS) is 12.4. The predicted octanol–water partition coefficient (Wildman–Crippen LogP) is 2.51. The van der Waals surface area contributed by atoms with Gasteiger partial charge >= 0.3 is 0 Å². The Balaban J connectivity index is 2.70. The summed E-state index contributed by atoms with van der Waals surface area (Å²) in [5.74, 6) is -0.0207. The first-order chi connectivity index (χ1) is 8.45. The van der Waals surface area contributed by atoms with Crippen molar-refractivity contribution in [3.05, 3.63) is 39.9 Å². The van der Waals surface area contributed by atoms with E-state index in [0.29, 0.717) is 18.2 Å². The molecule has 0 aliphatic heterocycles. The maximum absolute atomic E-state index is 11.9. The Morgan fingerprint density at radius 1 is 1.39 bits per heavy atom. The Labute approximate surface area is 107 Å². The van der Waals surface area contributed by atoms with Crippen molar-refractivity contribution in [2.45, 2.75) is 26.3 Å². The van der Waals surface area contributed by atoms with Crippen LogP contribution in [-0.2, 0) is 0 Å². The van der Waals surface area contributed by atoms with E-state index in [1.54, 1.807) is 0 Å². The molecule has 1 unspecified atom stereocenters. The van der Waals surface area contributed by atoms with Crippen molar-refractivity contribution in [1.82, 2.24) is 4.90 Å². The summed E-state index contributed by atoms with van der Waals surface area (Å²) < 4.78 is 0. The van der Waals surface area contributed by atoms with E-state index in [2.05, 4.69) is 13.8 Å². The Morgan fingerprint density at radius 3 is 2.39 bits per heavy atom. The average molecular weight is 250 g/mol. The second-order valence-corrected chi connectivity index (χ2v) is 4.40. The number of hydrogen-bond acceptors (Lipinski definition) is 4. The topological polar surface area (TPSA) is 63.5 Å². The van der Waals surface area contributed by atoms with Crippen LogP contribution in [0.4, 0.5) is 5.69 Å². The van der Waals surface area contributed by atoms with Crippen LogP contribution in [0, 0.1) is 10.1 Å². The van der Waals surface area contributed by atoms with Crippen LogP contribution in [0.5, 0.6) is 0 Å². The minimum atomic E-state index is -0.473. The molecule has 0 radical (unpaired) electrons. The zero-order valence-corrected chi connectivity index (χ0v) is 10.9. The van der Waals surface area contributed by atoms with Gasteiger partial charge in [-0.1, -0.05) is 6.92 Å². The van der Waals surface area contributed by atoms with Crippen molar-refractivity contribution >= 4 is 11.5 Å². The molecule has 0 bridgehead atoms. The zero-order chi connectivity index (χ0) is 13.7. The fraction of sp³-hybridized carbons (Fsp3) is 0.462. The van der Waals surface area contributed by atoms with Gasteiger partial charge in [0.2, 0.25) is 0 Å². The number of nitro groups is 1. The molecule has 98 valence electrons. The van der Waals surface area contributed by atoms with E-state index in [0.717, 1.165) is 6.42 Å². The van der Waals surface area contributed by atoms with Gasteiger partial charge in [-0.25, -0.2) is 0 Å². The molecule has 0 aliphatic carbocycles. The van der Waals surface area contributed by atoms with Crippen molar-refractivity contribution in [2.75, 3.05) is 13.6 Å². The van der Waals surface area contributed by atoms with Gasteiger partial charge in [0.1, 0.15) is 0 Å². The number of rotatable bonds is 6. The molecule has 0 fully saturated rings. The van der Waals surface area contributed by atoms with Gasteiger partial charge in [-0.3, -0.25) is 19.8 Å². The molecule has 0 saturated carbocycles. The lowest BCUT2D eigenvalue weighted by Crippen LogP contribution is -2.33. The first-order valence-electron chi connectivity index (χ1n) is 5.93. The van der Waals surface area contributed by atoms with Crippen molar-refractivity contribution in [3.8, 4) is 0 Å².